The first kappa shape index (κ1) is 11.5. The van der Waals surface area contributed by atoms with Gasteiger partial charge in [-0.25, -0.2) is 0 Å². The van der Waals surface area contributed by atoms with Gasteiger partial charge in [-0.15, -0.1) is 0 Å². The standard InChI is InChI=1S/C13H19N5/c1-9-11(7-14)13(17(2)16-9)15-12-8-18-5-3-10(12)4-6-18/h10,12,15H,3-6,8H2,1-2H3. The number of piperidine rings is 3. The Balaban J connectivity index is 1.83. The maximum Gasteiger partial charge on any atom is 0.142 e. The first-order chi connectivity index (χ1) is 8.69. The third-order valence-corrected chi connectivity index (χ3v) is 4.31. The van der Waals surface area contributed by atoms with E-state index < -0.39 is 0 Å². The fourth-order valence-corrected chi connectivity index (χ4v) is 3.26. The molecule has 3 saturated heterocycles. The minimum Gasteiger partial charge on any atom is -0.365 e. The minimum absolute atomic E-state index is 0.467. The summed E-state index contributed by atoms with van der Waals surface area (Å²) in [5.74, 6) is 1.63. The summed E-state index contributed by atoms with van der Waals surface area (Å²) in [4.78, 5) is 2.51. The summed E-state index contributed by atoms with van der Waals surface area (Å²) in [5.41, 5.74) is 1.50. The second-order valence-corrected chi connectivity index (χ2v) is 5.43. The molecule has 0 aromatic carbocycles. The summed E-state index contributed by atoms with van der Waals surface area (Å²) in [6.07, 6.45) is 2.55. The predicted octanol–water partition coefficient (Wildman–Crippen LogP) is 1.11. The van der Waals surface area contributed by atoms with E-state index >= 15 is 0 Å². The molecule has 96 valence electrons. The second-order valence-electron chi connectivity index (χ2n) is 5.43. The zero-order valence-corrected chi connectivity index (χ0v) is 11.0. The smallest absolute Gasteiger partial charge is 0.142 e. The number of aromatic nitrogens is 2. The number of nitrogens with zero attached hydrogens (tertiary/aromatic N) is 4. The van der Waals surface area contributed by atoms with Crippen LogP contribution >= 0.6 is 0 Å². The number of rotatable bonds is 2. The van der Waals surface area contributed by atoms with Gasteiger partial charge in [0, 0.05) is 19.6 Å². The number of fused-ring (bicyclic) bond motifs is 3. The first-order valence-corrected chi connectivity index (χ1v) is 6.61. The SMILES string of the molecule is Cc1nn(C)c(NC2CN3CCC2CC3)c1C#N. The molecular weight excluding hydrogens is 226 g/mol. The molecule has 1 aromatic heterocycles. The molecule has 0 radical (unpaired) electrons. The molecule has 4 heterocycles. The van der Waals surface area contributed by atoms with E-state index in [1.807, 2.05) is 14.0 Å². The van der Waals surface area contributed by atoms with Crippen molar-refractivity contribution < 1.29 is 0 Å². The van der Waals surface area contributed by atoms with Crippen molar-refractivity contribution in [2.24, 2.45) is 13.0 Å². The lowest BCUT2D eigenvalue weighted by molar-refractivity contribution is 0.0972. The van der Waals surface area contributed by atoms with Gasteiger partial charge in [0.2, 0.25) is 0 Å². The molecule has 5 heteroatoms. The third-order valence-electron chi connectivity index (χ3n) is 4.31. The molecule has 1 unspecified atom stereocenters. The van der Waals surface area contributed by atoms with Crippen molar-refractivity contribution in [2.45, 2.75) is 25.8 Å². The number of aryl methyl sites for hydroxylation is 2. The van der Waals surface area contributed by atoms with E-state index in [1.165, 1.54) is 25.9 Å². The van der Waals surface area contributed by atoms with Crippen LogP contribution in [0.1, 0.15) is 24.1 Å². The van der Waals surface area contributed by atoms with Gasteiger partial charge in [-0.05, 0) is 38.8 Å². The lowest BCUT2D eigenvalue weighted by atomic mass is 9.84. The van der Waals surface area contributed by atoms with E-state index in [9.17, 15) is 5.26 Å². The van der Waals surface area contributed by atoms with Crippen molar-refractivity contribution in [1.82, 2.24) is 14.7 Å². The zero-order chi connectivity index (χ0) is 12.7. The summed E-state index contributed by atoms with van der Waals surface area (Å²) < 4.78 is 1.80. The number of nitriles is 1. The Morgan fingerprint density at radius 1 is 1.39 bits per heavy atom. The molecule has 1 N–H and O–H groups in total. The Bertz CT molecular complexity index is 490. The van der Waals surface area contributed by atoms with Crippen molar-refractivity contribution in [1.29, 1.82) is 5.26 Å². The van der Waals surface area contributed by atoms with Crippen LogP contribution in [0.15, 0.2) is 0 Å². The Kier molecular flexibility index (Phi) is 2.75. The molecule has 0 aliphatic carbocycles. The van der Waals surface area contributed by atoms with Crippen LogP contribution in [0.5, 0.6) is 0 Å². The van der Waals surface area contributed by atoms with Crippen molar-refractivity contribution in [3.05, 3.63) is 11.3 Å². The molecular formula is C13H19N5. The molecule has 0 saturated carbocycles. The summed E-state index contributed by atoms with van der Waals surface area (Å²) >= 11 is 0. The fraction of sp³-hybridized carbons (Fsp3) is 0.692. The number of anilines is 1. The van der Waals surface area contributed by atoms with Gasteiger partial charge in [0.1, 0.15) is 17.5 Å². The Hall–Kier alpha value is -1.54. The van der Waals surface area contributed by atoms with Gasteiger partial charge < -0.3 is 10.2 Å². The van der Waals surface area contributed by atoms with Crippen LogP contribution in [0, 0.1) is 24.2 Å². The number of nitrogens with one attached hydrogen (secondary N) is 1. The monoisotopic (exact) mass is 245 g/mol. The van der Waals surface area contributed by atoms with E-state index in [0.717, 1.165) is 24.0 Å². The highest BCUT2D eigenvalue weighted by molar-refractivity contribution is 5.55. The van der Waals surface area contributed by atoms with Crippen LogP contribution in [0.25, 0.3) is 0 Å². The predicted molar refractivity (Wildman–Crippen MR) is 69.2 cm³/mol. The zero-order valence-electron chi connectivity index (χ0n) is 11.0. The molecule has 4 rings (SSSR count). The Labute approximate surface area is 107 Å². The van der Waals surface area contributed by atoms with Gasteiger partial charge in [0.25, 0.3) is 0 Å². The molecule has 1 aromatic rings. The molecule has 2 bridgehead atoms. The summed E-state index contributed by atoms with van der Waals surface area (Å²) in [5, 5.41) is 17.1. The van der Waals surface area contributed by atoms with E-state index in [2.05, 4.69) is 21.4 Å². The quantitative estimate of drug-likeness (QED) is 0.848. The lowest BCUT2D eigenvalue weighted by Crippen LogP contribution is -2.53. The van der Waals surface area contributed by atoms with E-state index in [1.54, 1.807) is 4.68 Å². The van der Waals surface area contributed by atoms with Crippen molar-refractivity contribution in [2.75, 3.05) is 25.0 Å². The number of hydrogen-bond donors (Lipinski definition) is 1. The van der Waals surface area contributed by atoms with Gasteiger partial charge in [-0.1, -0.05) is 0 Å². The fourth-order valence-electron chi connectivity index (χ4n) is 3.26. The van der Waals surface area contributed by atoms with E-state index in [-0.39, 0.29) is 0 Å². The highest BCUT2D eigenvalue weighted by Crippen LogP contribution is 2.30. The van der Waals surface area contributed by atoms with E-state index in [4.69, 9.17) is 0 Å². The lowest BCUT2D eigenvalue weighted by Gasteiger charge is -2.45. The van der Waals surface area contributed by atoms with Gasteiger partial charge in [0.15, 0.2) is 0 Å². The second kappa shape index (κ2) is 4.29. The molecule has 1 atom stereocenters. The van der Waals surface area contributed by atoms with Crippen LogP contribution in [0.4, 0.5) is 5.82 Å². The summed E-state index contributed by atoms with van der Waals surface area (Å²) in [6, 6.07) is 2.73. The highest BCUT2D eigenvalue weighted by Gasteiger charge is 2.34. The molecule has 3 fully saturated rings. The average molecular weight is 245 g/mol. The third kappa shape index (κ3) is 1.77. The van der Waals surface area contributed by atoms with Gasteiger partial charge in [-0.3, -0.25) is 4.68 Å². The maximum atomic E-state index is 9.22. The normalized spacial score (nSPS) is 30.2. The average Bonchev–Trinajstić information content (AvgIpc) is 2.65. The van der Waals surface area contributed by atoms with Crippen LogP contribution in [-0.4, -0.2) is 40.4 Å². The van der Waals surface area contributed by atoms with Crippen molar-refractivity contribution in [3.8, 4) is 6.07 Å². The van der Waals surface area contributed by atoms with Gasteiger partial charge in [-0.2, -0.15) is 10.4 Å². The first-order valence-electron chi connectivity index (χ1n) is 6.61. The molecule has 5 nitrogen and oxygen atoms in total. The number of hydrogen-bond acceptors (Lipinski definition) is 4. The van der Waals surface area contributed by atoms with Crippen LogP contribution < -0.4 is 5.32 Å². The summed E-state index contributed by atoms with van der Waals surface area (Å²) in [7, 11) is 1.90. The molecule has 18 heavy (non-hydrogen) atoms. The van der Waals surface area contributed by atoms with Gasteiger partial charge >= 0.3 is 0 Å². The largest absolute Gasteiger partial charge is 0.365 e. The van der Waals surface area contributed by atoms with Crippen molar-refractivity contribution >= 4 is 5.82 Å². The maximum absolute atomic E-state index is 9.22. The molecule has 3 aliphatic rings. The van der Waals surface area contributed by atoms with Crippen molar-refractivity contribution in [3.63, 3.8) is 0 Å². The van der Waals surface area contributed by atoms with Gasteiger partial charge in [0.05, 0.1) is 5.69 Å². The minimum atomic E-state index is 0.467. The highest BCUT2D eigenvalue weighted by atomic mass is 15.3. The molecule has 3 aliphatic heterocycles. The van der Waals surface area contributed by atoms with Crippen LogP contribution in [0.3, 0.4) is 0 Å². The molecule has 0 amide bonds. The van der Waals surface area contributed by atoms with Crippen LogP contribution in [-0.2, 0) is 7.05 Å². The topological polar surface area (TPSA) is 56.9 Å². The summed E-state index contributed by atoms with van der Waals surface area (Å²) in [6.45, 7) is 5.46. The molecule has 0 spiro atoms. The Morgan fingerprint density at radius 2 is 2.11 bits per heavy atom. The van der Waals surface area contributed by atoms with Crippen LogP contribution in [0.2, 0.25) is 0 Å². The Morgan fingerprint density at radius 3 is 2.67 bits per heavy atom. The van der Waals surface area contributed by atoms with E-state index in [0.29, 0.717) is 11.6 Å².